The van der Waals surface area contributed by atoms with Gasteiger partial charge in [-0.15, -0.1) is 0 Å². The average Bonchev–Trinajstić information content (AvgIpc) is 2.22. The number of aromatic nitrogens is 1. The molecule has 1 heterocycles. The second-order valence-corrected chi connectivity index (χ2v) is 4.25. The van der Waals surface area contributed by atoms with Gasteiger partial charge in [0.05, 0.1) is 14.9 Å². The van der Waals surface area contributed by atoms with Crippen LogP contribution in [0, 0.1) is 17.0 Å². The van der Waals surface area contributed by atoms with Crippen molar-refractivity contribution in [3.05, 3.63) is 38.5 Å². The molecule has 2 aromatic rings. The first-order valence-electron chi connectivity index (χ1n) is 4.50. The highest BCUT2D eigenvalue weighted by Crippen LogP contribution is 2.35. The van der Waals surface area contributed by atoms with E-state index < -0.39 is 4.92 Å². The Hall–Kier alpha value is -1.69. The molecule has 16 heavy (non-hydrogen) atoms. The van der Waals surface area contributed by atoms with Crippen molar-refractivity contribution in [2.24, 2.45) is 0 Å². The van der Waals surface area contributed by atoms with E-state index in [1.807, 2.05) is 6.92 Å². The summed E-state index contributed by atoms with van der Waals surface area (Å²) in [6, 6.07) is 4.89. The Labute approximate surface area is 99.6 Å². The standard InChI is InChI=1S/C10H8BrN3O2/c1-5-2-3-6-9(12)8(14(15)16)4-7(11)10(6)13-5/h2-4H,12H2,1H3. The topological polar surface area (TPSA) is 82.0 Å². The molecule has 82 valence electrons. The number of nitrogens with zero attached hydrogens (tertiary/aromatic N) is 2. The highest BCUT2D eigenvalue weighted by molar-refractivity contribution is 9.10. The average molecular weight is 282 g/mol. The van der Waals surface area contributed by atoms with Gasteiger partial charge in [0.1, 0.15) is 5.69 Å². The number of benzene rings is 1. The SMILES string of the molecule is Cc1ccc2c(N)c([N+](=O)[O-])cc(Br)c2n1. The van der Waals surface area contributed by atoms with Gasteiger partial charge >= 0.3 is 0 Å². The first kappa shape index (κ1) is 10.8. The van der Waals surface area contributed by atoms with E-state index in [4.69, 9.17) is 5.73 Å². The van der Waals surface area contributed by atoms with Crippen LogP contribution in [0.5, 0.6) is 0 Å². The highest BCUT2D eigenvalue weighted by Gasteiger charge is 2.17. The molecule has 2 N–H and O–H groups in total. The van der Waals surface area contributed by atoms with Gasteiger partial charge in [0.2, 0.25) is 0 Å². The van der Waals surface area contributed by atoms with Gasteiger partial charge in [-0.3, -0.25) is 15.1 Å². The van der Waals surface area contributed by atoms with E-state index in [1.54, 1.807) is 12.1 Å². The maximum Gasteiger partial charge on any atom is 0.294 e. The summed E-state index contributed by atoms with van der Waals surface area (Å²) in [7, 11) is 0. The van der Waals surface area contributed by atoms with Gasteiger partial charge in [-0.2, -0.15) is 0 Å². The number of rotatable bonds is 1. The zero-order valence-electron chi connectivity index (χ0n) is 8.40. The van der Waals surface area contributed by atoms with Crippen LogP contribution < -0.4 is 5.73 Å². The number of nitro benzene ring substituents is 1. The molecular weight excluding hydrogens is 274 g/mol. The summed E-state index contributed by atoms with van der Waals surface area (Å²) < 4.78 is 0.576. The molecule has 0 aliphatic carbocycles. The van der Waals surface area contributed by atoms with Gasteiger partial charge in [0, 0.05) is 17.1 Å². The number of anilines is 1. The van der Waals surface area contributed by atoms with Gasteiger partial charge in [-0.05, 0) is 35.0 Å². The molecular formula is C10H8BrN3O2. The van der Waals surface area contributed by atoms with Crippen LogP contribution >= 0.6 is 15.9 Å². The third-order valence-electron chi connectivity index (χ3n) is 2.29. The molecule has 6 heteroatoms. The second kappa shape index (κ2) is 3.71. The van der Waals surface area contributed by atoms with Crippen LogP contribution in [-0.4, -0.2) is 9.91 Å². The molecule has 0 fully saturated rings. The predicted molar refractivity (Wildman–Crippen MR) is 65.2 cm³/mol. The Morgan fingerprint density at radius 2 is 2.19 bits per heavy atom. The van der Waals surface area contributed by atoms with E-state index in [0.717, 1.165) is 5.69 Å². The molecule has 5 nitrogen and oxygen atoms in total. The van der Waals surface area contributed by atoms with Crippen LogP contribution in [0.1, 0.15) is 5.69 Å². The number of nitrogen functional groups attached to an aromatic ring is 1. The Balaban J connectivity index is 2.90. The van der Waals surface area contributed by atoms with Crippen molar-refractivity contribution in [1.29, 1.82) is 0 Å². The fourth-order valence-electron chi connectivity index (χ4n) is 1.51. The summed E-state index contributed by atoms with van der Waals surface area (Å²) >= 11 is 3.26. The molecule has 2 rings (SSSR count). The lowest BCUT2D eigenvalue weighted by Gasteiger charge is -2.05. The minimum atomic E-state index is -0.501. The van der Waals surface area contributed by atoms with E-state index in [1.165, 1.54) is 6.07 Å². The zero-order chi connectivity index (χ0) is 11.9. The van der Waals surface area contributed by atoms with Crippen LogP contribution in [-0.2, 0) is 0 Å². The quantitative estimate of drug-likeness (QED) is 0.495. The Morgan fingerprint density at radius 1 is 1.50 bits per heavy atom. The van der Waals surface area contributed by atoms with Crippen LogP contribution in [0.4, 0.5) is 11.4 Å². The number of nitro groups is 1. The minimum absolute atomic E-state index is 0.106. The van der Waals surface area contributed by atoms with E-state index in [9.17, 15) is 10.1 Å². The molecule has 0 bridgehead atoms. The molecule has 0 saturated heterocycles. The van der Waals surface area contributed by atoms with Gasteiger partial charge in [-0.1, -0.05) is 0 Å². The molecule has 0 radical (unpaired) electrons. The van der Waals surface area contributed by atoms with E-state index in [-0.39, 0.29) is 11.4 Å². The molecule has 1 aromatic heterocycles. The normalized spacial score (nSPS) is 10.6. The van der Waals surface area contributed by atoms with Crippen molar-refractivity contribution in [2.75, 3.05) is 5.73 Å². The summed E-state index contributed by atoms with van der Waals surface area (Å²) in [4.78, 5) is 14.6. The van der Waals surface area contributed by atoms with Crippen LogP contribution in [0.15, 0.2) is 22.7 Å². The third kappa shape index (κ3) is 1.61. The third-order valence-corrected chi connectivity index (χ3v) is 2.89. The van der Waals surface area contributed by atoms with E-state index in [0.29, 0.717) is 15.4 Å². The number of aryl methyl sites for hydroxylation is 1. The zero-order valence-corrected chi connectivity index (χ0v) is 9.98. The molecule has 0 amide bonds. The van der Waals surface area contributed by atoms with Crippen molar-refractivity contribution in [3.8, 4) is 0 Å². The number of hydrogen-bond donors (Lipinski definition) is 1. The fourth-order valence-corrected chi connectivity index (χ4v) is 2.03. The summed E-state index contributed by atoms with van der Waals surface area (Å²) in [6.07, 6.45) is 0. The number of pyridine rings is 1. The van der Waals surface area contributed by atoms with E-state index in [2.05, 4.69) is 20.9 Å². The molecule has 0 saturated carbocycles. The minimum Gasteiger partial charge on any atom is -0.393 e. The summed E-state index contributed by atoms with van der Waals surface area (Å²) in [5.74, 6) is 0. The van der Waals surface area contributed by atoms with Crippen molar-refractivity contribution < 1.29 is 4.92 Å². The lowest BCUT2D eigenvalue weighted by atomic mass is 10.1. The fraction of sp³-hybridized carbons (Fsp3) is 0.100. The summed E-state index contributed by atoms with van der Waals surface area (Å²) in [6.45, 7) is 1.85. The molecule has 0 unspecified atom stereocenters. The van der Waals surface area contributed by atoms with Crippen molar-refractivity contribution >= 4 is 38.2 Å². The Morgan fingerprint density at radius 3 is 2.81 bits per heavy atom. The van der Waals surface area contributed by atoms with Crippen molar-refractivity contribution in [3.63, 3.8) is 0 Å². The maximum atomic E-state index is 10.8. The molecule has 0 atom stereocenters. The predicted octanol–water partition coefficient (Wildman–Crippen LogP) is 2.80. The first-order valence-corrected chi connectivity index (χ1v) is 5.29. The smallest absolute Gasteiger partial charge is 0.294 e. The second-order valence-electron chi connectivity index (χ2n) is 3.40. The van der Waals surface area contributed by atoms with Crippen LogP contribution in [0.2, 0.25) is 0 Å². The van der Waals surface area contributed by atoms with Crippen LogP contribution in [0.25, 0.3) is 10.9 Å². The molecule has 0 aliphatic rings. The van der Waals surface area contributed by atoms with Gasteiger partial charge < -0.3 is 5.73 Å². The Bertz CT molecular complexity index is 598. The number of halogens is 1. The summed E-state index contributed by atoms with van der Waals surface area (Å²) in [5.41, 5.74) is 7.26. The van der Waals surface area contributed by atoms with E-state index >= 15 is 0 Å². The van der Waals surface area contributed by atoms with Gasteiger partial charge in [-0.25, -0.2) is 0 Å². The highest BCUT2D eigenvalue weighted by atomic mass is 79.9. The first-order chi connectivity index (χ1) is 7.50. The molecule has 0 aliphatic heterocycles. The largest absolute Gasteiger partial charge is 0.393 e. The lowest BCUT2D eigenvalue weighted by Crippen LogP contribution is -1.98. The Kier molecular flexibility index (Phi) is 2.51. The number of nitrogens with two attached hydrogens (primary N) is 1. The van der Waals surface area contributed by atoms with Crippen molar-refractivity contribution in [1.82, 2.24) is 4.98 Å². The van der Waals surface area contributed by atoms with Crippen LogP contribution in [0.3, 0.4) is 0 Å². The molecule has 1 aromatic carbocycles. The summed E-state index contributed by atoms with van der Waals surface area (Å²) in [5, 5.41) is 11.4. The molecule has 0 spiro atoms. The van der Waals surface area contributed by atoms with Gasteiger partial charge in [0.25, 0.3) is 5.69 Å². The maximum absolute atomic E-state index is 10.8. The van der Waals surface area contributed by atoms with Crippen molar-refractivity contribution in [2.45, 2.75) is 6.92 Å². The number of fused-ring (bicyclic) bond motifs is 1. The monoisotopic (exact) mass is 281 g/mol. The number of hydrogen-bond acceptors (Lipinski definition) is 4. The lowest BCUT2D eigenvalue weighted by molar-refractivity contribution is -0.383. The van der Waals surface area contributed by atoms with Gasteiger partial charge in [0.15, 0.2) is 0 Å².